The van der Waals surface area contributed by atoms with Crippen molar-refractivity contribution < 1.29 is 4.79 Å². The first-order valence-corrected chi connectivity index (χ1v) is 6.88. The lowest BCUT2D eigenvalue weighted by Gasteiger charge is -2.11. The SMILES string of the molecule is CCNC(=O)C(C)NCc1nc2ccccc2s1. The molecule has 0 fully saturated rings. The molecular formula is C13H17N3OS. The zero-order chi connectivity index (χ0) is 13.0. The molecular weight excluding hydrogens is 246 g/mol. The standard InChI is InChI=1S/C13H17N3OS/c1-3-14-13(17)9(2)15-8-12-16-10-6-4-5-7-11(10)18-12/h4-7,9,15H,3,8H2,1-2H3,(H,14,17). The maximum Gasteiger partial charge on any atom is 0.236 e. The van der Waals surface area contributed by atoms with Crippen molar-refractivity contribution in [1.29, 1.82) is 0 Å². The normalized spacial score (nSPS) is 12.6. The van der Waals surface area contributed by atoms with Crippen molar-refractivity contribution in [1.82, 2.24) is 15.6 Å². The van der Waals surface area contributed by atoms with E-state index in [9.17, 15) is 4.79 Å². The molecule has 1 aromatic carbocycles. The van der Waals surface area contributed by atoms with E-state index in [0.29, 0.717) is 13.1 Å². The summed E-state index contributed by atoms with van der Waals surface area (Å²) < 4.78 is 1.18. The van der Waals surface area contributed by atoms with Crippen LogP contribution in [-0.2, 0) is 11.3 Å². The van der Waals surface area contributed by atoms with E-state index in [1.54, 1.807) is 11.3 Å². The van der Waals surface area contributed by atoms with E-state index >= 15 is 0 Å². The van der Waals surface area contributed by atoms with Crippen LogP contribution in [0.3, 0.4) is 0 Å². The fourth-order valence-electron chi connectivity index (χ4n) is 1.66. The Hall–Kier alpha value is -1.46. The molecule has 0 aliphatic carbocycles. The smallest absolute Gasteiger partial charge is 0.236 e. The lowest BCUT2D eigenvalue weighted by Crippen LogP contribution is -2.41. The number of hydrogen-bond donors (Lipinski definition) is 2. The van der Waals surface area contributed by atoms with E-state index < -0.39 is 0 Å². The molecule has 1 atom stereocenters. The summed E-state index contributed by atoms with van der Waals surface area (Å²) in [6.07, 6.45) is 0. The Labute approximate surface area is 110 Å². The number of hydrogen-bond acceptors (Lipinski definition) is 4. The van der Waals surface area contributed by atoms with E-state index in [1.165, 1.54) is 4.70 Å². The number of thiazole rings is 1. The maximum atomic E-state index is 11.5. The zero-order valence-corrected chi connectivity index (χ0v) is 11.4. The number of likely N-dealkylation sites (N-methyl/N-ethyl adjacent to an activating group) is 1. The van der Waals surface area contributed by atoms with Gasteiger partial charge in [-0.3, -0.25) is 10.1 Å². The highest BCUT2D eigenvalue weighted by molar-refractivity contribution is 7.18. The summed E-state index contributed by atoms with van der Waals surface area (Å²) in [5.74, 6) is 0.0265. The Kier molecular flexibility index (Phi) is 4.28. The monoisotopic (exact) mass is 263 g/mol. The van der Waals surface area contributed by atoms with Crippen LogP contribution >= 0.6 is 11.3 Å². The second-order valence-electron chi connectivity index (χ2n) is 4.07. The van der Waals surface area contributed by atoms with Gasteiger partial charge in [-0.25, -0.2) is 4.98 Å². The predicted molar refractivity (Wildman–Crippen MR) is 74.6 cm³/mol. The topological polar surface area (TPSA) is 54.0 Å². The zero-order valence-electron chi connectivity index (χ0n) is 10.6. The van der Waals surface area contributed by atoms with Crippen LogP contribution in [0.25, 0.3) is 10.2 Å². The quantitative estimate of drug-likeness (QED) is 0.866. The Morgan fingerprint density at radius 3 is 2.94 bits per heavy atom. The lowest BCUT2D eigenvalue weighted by atomic mass is 10.3. The van der Waals surface area contributed by atoms with Crippen LogP contribution in [0, 0.1) is 0 Å². The number of rotatable bonds is 5. The Balaban J connectivity index is 1.95. The van der Waals surface area contributed by atoms with Crippen molar-refractivity contribution in [2.75, 3.05) is 6.54 Å². The van der Waals surface area contributed by atoms with Crippen molar-refractivity contribution >= 4 is 27.5 Å². The lowest BCUT2D eigenvalue weighted by molar-refractivity contribution is -0.122. The summed E-state index contributed by atoms with van der Waals surface area (Å²) in [6.45, 7) is 5.06. The molecule has 1 amide bonds. The fraction of sp³-hybridized carbons (Fsp3) is 0.385. The molecule has 96 valence electrons. The first-order chi connectivity index (χ1) is 8.70. The van der Waals surface area contributed by atoms with Gasteiger partial charge in [0, 0.05) is 13.1 Å². The van der Waals surface area contributed by atoms with Gasteiger partial charge in [0.05, 0.1) is 16.3 Å². The van der Waals surface area contributed by atoms with Gasteiger partial charge < -0.3 is 5.32 Å². The molecule has 2 N–H and O–H groups in total. The van der Waals surface area contributed by atoms with Crippen LogP contribution in [0.5, 0.6) is 0 Å². The van der Waals surface area contributed by atoms with Crippen molar-refractivity contribution in [3.05, 3.63) is 29.3 Å². The molecule has 18 heavy (non-hydrogen) atoms. The Morgan fingerprint density at radius 1 is 1.44 bits per heavy atom. The van der Waals surface area contributed by atoms with Crippen LogP contribution in [0.1, 0.15) is 18.9 Å². The van der Waals surface area contributed by atoms with Crippen LogP contribution < -0.4 is 10.6 Å². The van der Waals surface area contributed by atoms with Gasteiger partial charge in [-0.1, -0.05) is 12.1 Å². The summed E-state index contributed by atoms with van der Waals surface area (Å²) in [4.78, 5) is 16.1. The molecule has 2 rings (SSSR count). The van der Waals surface area contributed by atoms with Crippen LogP contribution in [0.2, 0.25) is 0 Å². The molecule has 5 heteroatoms. The van der Waals surface area contributed by atoms with Crippen LogP contribution in [-0.4, -0.2) is 23.5 Å². The number of nitrogens with one attached hydrogen (secondary N) is 2. The highest BCUT2D eigenvalue weighted by atomic mass is 32.1. The van der Waals surface area contributed by atoms with Crippen molar-refractivity contribution in [3.8, 4) is 0 Å². The average Bonchev–Trinajstić information content (AvgIpc) is 2.78. The molecule has 1 aromatic heterocycles. The summed E-state index contributed by atoms with van der Waals surface area (Å²) >= 11 is 1.66. The summed E-state index contributed by atoms with van der Waals surface area (Å²) in [5.41, 5.74) is 1.02. The largest absolute Gasteiger partial charge is 0.355 e. The number of fused-ring (bicyclic) bond motifs is 1. The molecule has 0 aliphatic rings. The van der Waals surface area contributed by atoms with Gasteiger partial charge >= 0.3 is 0 Å². The first kappa shape index (κ1) is 13.0. The number of benzene rings is 1. The molecule has 4 nitrogen and oxygen atoms in total. The van der Waals surface area contributed by atoms with Gasteiger partial charge in [-0.05, 0) is 26.0 Å². The Morgan fingerprint density at radius 2 is 2.22 bits per heavy atom. The number of nitrogens with zero attached hydrogens (tertiary/aromatic N) is 1. The van der Waals surface area contributed by atoms with Crippen molar-refractivity contribution in [2.45, 2.75) is 26.4 Å². The maximum absolute atomic E-state index is 11.5. The molecule has 0 aliphatic heterocycles. The van der Waals surface area contributed by atoms with Gasteiger partial charge in [-0.15, -0.1) is 11.3 Å². The summed E-state index contributed by atoms with van der Waals surface area (Å²) in [6, 6.07) is 7.86. The highest BCUT2D eigenvalue weighted by Crippen LogP contribution is 2.21. The van der Waals surface area contributed by atoms with Gasteiger partial charge in [0.1, 0.15) is 5.01 Å². The van der Waals surface area contributed by atoms with Gasteiger partial charge in [0.2, 0.25) is 5.91 Å². The third-order valence-electron chi connectivity index (χ3n) is 2.64. The first-order valence-electron chi connectivity index (χ1n) is 6.06. The predicted octanol–water partition coefficient (Wildman–Crippen LogP) is 1.91. The number of carbonyl (C=O) groups is 1. The number of amides is 1. The third kappa shape index (κ3) is 3.05. The minimum atomic E-state index is -0.197. The minimum absolute atomic E-state index is 0.0265. The van der Waals surface area contributed by atoms with Crippen LogP contribution in [0.4, 0.5) is 0 Å². The molecule has 0 saturated heterocycles. The van der Waals surface area contributed by atoms with E-state index in [2.05, 4.69) is 21.7 Å². The molecule has 1 unspecified atom stereocenters. The molecule has 1 heterocycles. The molecule has 0 spiro atoms. The minimum Gasteiger partial charge on any atom is -0.355 e. The number of para-hydroxylation sites is 1. The van der Waals surface area contributed by atoms with Gasteiger partial charge in [0.15, 0.2) is 0 Å². The number of aromatic nitrogens is 1. The van der Waals surface area contributed by atoms with Gasteiger partial charge in [-0.2, -0.15) is 0 Å². The van der Waals surface area contributed by atoms with E-state index in [4.69, 9.17) is 0 Å². The average molecular weight is 263 g/mol. The summed E-state index contributed by atoms with van der Waals surface area (Å²) in [5, 5.41) is 6.98. The third-order valence-corrected chi connectivity index (χ3v) is 3.68. The molecule has 0 bridgehead atoms. The molecule has 0 radical (unpaired) electrons. The van der Waals surface area contributed by atoms with Gasteiger partial charge in [0.25, 0.3) is 0 Å². The number of carbonyl (C=O) groups excluding carboxylic acids is 1. The van der Waals surface area contributed by atoms with Crippen LogP contribution in [0.15, 0.2) is 24.3 Å². The van der Waals surface area contributed by atoms with E-state index in [1.807, 2.05) is 32.0 Å². The van der Waals surface area contributed by atoms with E-state index in [-0.39, 0.29) is 11.9 Å². The van der Waals surface area contributed by atoms with E-state index in [0.717, 1.165) is 10.5 Å². The summed E-state index contributed by atoms with van der Waals surface area (Å²) in [7, 11) is 0. The Bertz CT molecular complexity index is 505. The second kappa shape index (κ2) is 5.93. The van der Waals surface area contributed by atoms with Crippen molar-refractivity contribution in [2.24, 2.45) is 0 Å². The second-order valence-corrected chi connectivity index (χ2v) is 5.19. The molecule has 0 saturated carbocycles. The fourth-order valence-corrected chi connectivity index (χ4v) is 2.57. The molecule has 2 aromatic rings. The van der Waals surface area contributed by atoms with Crippen molar-refractivity contribution in [3.63, 3.8) is 0 Å². The highest BCUT2D eigenvalue weighted by Gasteiger charge is 2.11.